The van der Waals surface area contributed by atoms with Crippen molar-refractivity contribution < 1.29 is 4.74 Å². The molecule has 0 saturated carbocycles. The van der Waals surface area contributed by atoms with Crippen LogP contribution in [0.5, 0.6) is 0 Å². The number of hydrogen-bond donors (Lipinski definition) is 0. The smallest absolute Gasteiger partial charge is 0.0957 e. The van der Waals surface area contributed by atoms with Crippen molar-refractivity contribution in [3.05, 3.63) is 35.9 Å². The Morgan fingerprint density at radius 1 is 1.17 bits per heavy atom. The molecule has 1 aromatic carbocycles. The van der Waals surface area contributed by atoms with Crippen molar-refractivity contribution in [3.8, 4) is 0 Å². The summed E-state index contributed by atoms with van der Waals surface area (Å²) >= 11 is 0. The Bertz CT molecular complexity index is 384. The monoisotopic (exact) mass is 246 g/mol. The number of benzene rings is 1. The molecule has 100 valence electrons. The predicted molar refractivity (Wildman–Crippen MR) is 76.5 cm³/mol. The first-order chi connectivity index (χ1) is 8.48. The van der Waals surface area contributed by atoms with E-state index in [0.717, 1.165) is 12.5 Å². The van der Waals surface area contributed by atoms with E-state index < -0.39 is 0 Å². The Morgan fingerprint density at radius 3 is 2.44 bits per heavy atom. The van der Waals surface area contributed by atoms with Crippen LogP contribution in [0.15, 0.2) is 30.3 Å². The molecule has 1 saturated heterocycles. The van der Waals surface area contributed by atoms with Gasteiger partial charge in [0, 0.05) is 12.0 Å². The van der Waals surface area contributed by atoms with Gasteiger partial charge < -0.3 is 4.74 Å². The van der Waals surface area contributed by atoms with E-state index in [1.165, 1.54) is 24.8 Å². The molecular weight excluding hydrogens is 220 g/mol. The van der Waals surface area contributed by atoms with Gasteiger partial charge in [-0.2, -0.15) is 0 Å². The minimum atomic E-state index is -0.122. The fourth-order valence-electron chi connectivity index (χ4n) is 3.05. The number of hydrogen-bond acceptors (Lipinski definition) is 1. The Morgan fingerprint density at radius 2 is 1.83 bits per heavy atom. The fraction of sp³-hybridized carbons (Fsp3) is 0.647. The summed E-state index contributed by atoms with van der Waals surface area (Å²) in [7, 11) is 0. The largest absolute Gasteiger partial charge is 0.370 e. The Hall–Kier alpha value is -0.820. The highest BCUT2D eigenvalue weighted by molar-refractivity contribution is 5.26. The topological polar surface area (TPSA) is 9.23 Å². The zero-order valence-electron chi connectivity index (χ0n) is 12.2. The Kier molecular flexibility index (Phi) is 3.82. The van der Waals surface area contributed by atoms with Crippen LogP contribution in [0.25, 0.3) is 0 Å². The number of ether oxygens (including phenoxy) is 1. The predicted octanol–water partition coefficient (Wildman–Crippen LogP) is 4.76. The van der Waals surface area contributed by atoms with Gasteiger partial charge in [-0.1, -0.05) is 57.5 Å². The first kappa shape index (κ1) is 13.6. The summed E-state index contributed by atoms with van der Waals surface area (Å²) in [5.41, 5.74) is 1.47. The minimum absolute atomic E-state index is 0.122. The minimum Gasteiger partial charge on any atom is -0.370 e. The molecule has 0 bridgehead atoms. The van der Waals surface area contributed by atoms with Crippen LogP contribution in [0.4, 0.5) is 0 Å². The summed E-state index contributed by atoms with van der Waals surface area (Å²) < 4.78 is 6.17. The van der Waals surface area contributed by atoms with Crippen molar-refractivity contribution in [2.24, 2.45) is 11.3 Å². The molecule has 2 atom stereocenters. The second-order valence-electron chi connectivity index (χ2n) is 6.49. The molecule has 0 N–H and O–H groups in total. The third kappa shape index (κ3) is 2.33. The van der Waals surface area contributed by atoms with E-state index in [1.807, 2.05) is 0 Å². The van der Waals surface area contributed by atoms with Gasteiger partial charge in [0.25, 0.3) is 0 Å². The van der Waals surface area contributed by atoms with Gasteiger partial charge in [0.2, 0.25) is 0 Å². The van der Waals surface area contributed by atoms with Gasteiger partial charge >= 0.3 is 0 Å². The maximum Gasteiger partial charge on any atom is 0.0957 e. The standard InChI is InChI=1S/C17H26O/c1-14(2)10-11-16(3)12-13-18-17(16,4)15-8-6-5-7-9-15/h5-9,14H,10-13H2,1-4H3. The molecule has 0 aliphatic carbocycles. The Balaban J connectivity index is 2.25. The van der Waals surface area contributed by atoms with E-state index in [0.29, 0.717) is 0 Å². The van der Waals surface area contributed by atoms with E-state index in [4.69, 9.17) is 4.74 Å². The average molecular weight is 246 g/mol. The lowest BCUT2D eigenvalue weighted by atomic mass is 9.67. The average Bonchev–Trinajstić information content (AvgIpc) is 2.66. The summed E-state index contributed by atoms with van der Waals surface area (Å²) in [6.45, 7) is 10.2. The van der Waals surface area contributed by atoms with Crippen LogP contribution in [0.2, 0.25) is 0 Å². The maximum absolute atomic E-state index is 6.17. The summed E-state index contributed by atoms with van der Waals surface area (Å²) in [4.78, 5) is 0. The zero-order valence-corrected chi connectivity index (χ0v) is 12.2. The molecule has 1 aliphatic rings. The second kappa shape index (κ2) is 5.05. The van der Waals surface area contributed by atoms with Crippen LogP contribution < -0.4 is 0 Å². The summed E-state index contributed by atoms with van der Waals surface area (Å²) in [5.74, 6) is 0.766. The maximum atomic E-state index is 6.17. The van der Waals surface area contributed by atoms with Gasteiger partial charge in [-0.15, -0.1) is 0 Å². The summed E-state index contributed by atoms with van der Waals surface area (Å²) in [6.07, 6.45) is 3.70. The van der Waals surface area contributed by atoms with E-state index in [2.05, 4.69) is 58.0 Å². The highest BCUT2D eigenvalue weighted by Crippen LogP contribution is 2.53. The van der Waals surface area contributed by atoms with Crippen LogP contribution in [-0.2, 0) is 10.3 Å². The third-order valence-corrected chi connectivity index (χ3v) is 4.79. The van der Waals surface area contributed by atoms with Gasteiger partial charge in [0.05, 0.1) is 5.60 Å². The molecule has 2 unspecified atom stereocenters. The van der Waals surface area contributed by atoms with Crippen molar-refractivity contribution in [2.75, 3.05) is 6.61 Å². The SMILES string of the molecule is CC(C)CCC1(C)CCOC1(C)c1ccccc1. The quantitative estimate of drug-likeness (QED) is 0.744. The van der Waals surface area contributed by atoms with E-state index in [9.17, 15) is 0 Å². The summed E-state index contributed by atoms with van der Waals surface area (Å²) in [6, 6.07) is 10.7. The third-order valence-electron chi connectivity index (χ3n) is 4.79. The van der Waals surface area contributed by atoms with Crippen molar-refractivity contribution in [1.82, 2.24) is 0 Å². The lowest BCUT2D eigenvalue weighted by Gasteiger charge is -2.40. The van der Waals surface area contributed by atoms with E-state index >= 15 is 0 Å². The van der Waals surface area contributed by atoms with Crippen LogP contribution in [0.1, 0.15) is 52.5 Å². The molecule has 1 aromatic rings. The van der Waals surface area contributed by atoms with E-state index in [1.54, 1.807) is 0 Å². The molecule has 1 nitrogen and oxygen atoms in total. The lowest BCUT2D eigenvalue weighted by molar-refractivity contribution is -0.0524. The number of rotatable bonds is 4. The molecule has 1 fully saturated rings. The van der Waals surface area contributed by atoms with Gasteiger partial charge in [-0.3, -0.25) is 0 Å². The van der Waals surface area contributed by atoms with Gasteiger partial charge in [0.15, 0.2) is 0 Å². The molecule has 0 radical (unpaired) electrons. The normalized spacial score (nSPS) is 32.1. The van der Waals surface area contributed by atoms with Crippen molar-refractivity contribution >= 4 is 0 Å². The first-order valence-electron chi connectivity index (χ1n) is 7.17. The van der Waals surface area contributed by atoms with Gasteiger partial charge in [-0.25, -0.2) is 0 Å². The zero-order chi connectivity index (χ0) is 13.2. The highest BCUT2D eigenvalue weighted by atomic mass is 16.5. The second-order valence-corrected chi connectivity index (χ2v) is 6.49. The molecule has 2 rings (SSSR count). The van der Waals surface area contributed by atoms with Gasteiger partial charge in [-0.05, 0) is 31.2 Å². The molecule has 0 aromatic heterocycles. The van der Waals surface area contributed by atoms with E-state index in [-0.39, 0.29) is 11.0 Å². The summed E-state index contributed by atoms with van der Waals surface area (Å²) in [5, 5.41) is 0. The molecule has 0 amide bonds. The molecule has 0 spiro atoms. The lowest BCUT2D eigenvalue weighted by Crippen LogP contribution is -2.38. The van der Waals surface area contributed by atoms with Gasteiger partial charge in [0.1, 0.15) is 0 Å². The molecule has 1 heteroatoms. The van der Waals surface area contributed by atoms with Crippen molar-refractivity contribution in [2.45, 2.75) is 52.6 Å². The molecular formula is C17H26O. The van der Waals surface area contributed by atoms with Crippen LogP contribution in [0.3, 0.4) is 0 Å². The Labute approximate surface area is 112 Å². The molecule has 1 heterocycles. The highest BCUT2D eigenvalue weighted by Gasteiger charge is 2.50. The fourth-order valence-corrected chi connectivity index (χ4v) is 3.05. The van der Waals surface area contributed by atoms with Crippen molar-refractivity contribution in [1.29, 1.82) is 0 Å². The first-order valence-corrected chi connectivity index (χ1v) is 7.17. The van der Waals surface area contributed by atoms with Crippen molar-refractivity contribution in [3.63, 3.8) is 0 Å². The van der Waals surface area contributed by atoms with Crippen LogP contribution in [0, 0.1) is 11.3 Å². The molecule has 1 aliphatic heterocycles. The van der Waals surface area contributed by atoms with Crippen LogP contribution in [-0.4, -0.2) is 6.61 Å². The van der Waals surface area contributed by atoms with Crippen LogP contribution >= 0.6 is 0 Å². The molecule has 18 heavy (non-hydrogen) atoms.